The van der Waals surface area contributed by atoms with Gasteiger partial charge < -0.3 is 10.6 Å². The number of hydrogen-bond donors (Lipinski definition) is 1. The minimum atomic E-state index is -0.221. The van der Waals surface area contributed by atoms with E-state index in [9.17, 15) is 4.79 Å². The number of primary amides is 1. The molecule has 0 aliphatic carbocycles. The first-order chi connectivity index (χ1) is 6.63. The van der Waals surface area contributed by atoms with E-state index >= 15 is 0 Å². The molecule has 0 aromatic rings. The van der Waals surface area contributed by atoms with Crippen molar-refractivity contribution in [3.8, 4) is 0 Å². The molecule has 1 unspecified atom stereocenters. The lowest BCUT2D eigenvalue weighted by Gasteiger charge is -2.27. The molecule has 1 aliphatic rings. The van der Waals surface area contributed by atoms with Crippen LogP contribution in [0.25, 0.3) is 0 Å². The van der Waals surface area contributed by atoms with Crippen LogP contribution >= 0.6 is 0 Å². The number of nitrogens with zero attached hydrogens (tertiary/aromatic N) is 2. The van der Waals surface area contributed by atoms with Gasteiger partial charge in [0.1, 0.15) is 0 Å². The number of rotatable bonds is 3. The molecule has 0 aromatic heterocycles. The second-order valence-electron chi connectivity index (χ2n) is 4.03. The summed E-state index contributed by atoms with van der Waals surface area (Å²) < 4.78 is 0. The van der Waals surface area contributed by atoms with Crippen molar-refractivity contribution in [3.63, 3.8) is 0 Å². The fourth-order valence-corrected chi connectivity index (χ4v) is 2.02. The summed E-state index contributed by atoms with van der Waals surface area (Å²) in [6.45, 7) is 9.00. The second-order valence-corrected chi connectivity index (χ2v) is 4.03. The van der Waals surface area contributed by atoms with Gasteiger partial charge in [-0.25, -0.2) is 0 Å². The quantitative estimate of drug-likeness (QED) is 0.690. The molecular weight excluding hydrogens is 178 g/mol. The zero-order chi connectivity index (χ0) is 10.6. The second kappa shape index (κ2) is 5.32. The highest BCUT2D eigenvalue weighted by Gasteiger charge is 2.21. The van der Waals surface area contributed by atoms with E-state index < -0.39 is 0 Å². The lowest BCUT2D eigenvalue weighted by molar-refractivity contribution is -0.119. The molecule has 1 fully saturated rings. The maximum atomic E-state index is 10.8. The molecule has 0 spiro atoms. The Bertz CT molecular complexity index is 196. The molecule has 1 atom stereocenters. The van der Waals surface area contributed by atoms with Crippen molar-refractivity contribution in [3.05, 3.63) is 0 Å². The van der Waals surface area contributed by atoms with Crippen LogP contribution in [0.2, 0.25) is 0 Å². The summed E-state index contributed by atoms with van der Waals surface area (Å²) in [5.74, 6) is -0.221. The van der Waals surface area contributed by atoms with E-state index in [1.807, 2.05) is 0 Å². The van der Waals surface area contributed by atoms with Gasteiger partial charge in [0.15, 0.2) is 0 Å². The molecule has 0 saturated carbocycles. The van der Waals surface area contributed by atoms with Crippen LogP contribution in [0.15, 0.2) is 0 Å². The van der Waals surface area contributed by atoms with Crippen LogP contribution in [-0.4, -0.2) is 54.5 Å². The molecule has 4 nitrogen and oxygen atoms in total. The van der Waals surface area contributed by atoms with Crippen LogP contribution in [0.4, 0.5) is 0 Å². The largest absolute Gasteiger partial charge is 0.369 e. The number of hydrogen-bond acceptors (Lipinski definition) is 3. The van der Waals surface area contributed by atoms with E-state index in [1.165, 1.54) is 0 Å². The summed E-state index contributed by atoms with van der Waals surface area (Å²) in [6, 6.07) is 0.435. The van der Waals surface area contributed by atoms with Gasteiger partial charge in [0, 0.05) is 19.1 Å². The van der Waals surface area contributed by atoms with E-state index in [2.05, 4.69) is 23.6 Å². The molecule has 1 amide bonds. The molecular formula is C10H21N3O. The summed E-state index contributed by atoms with van der Waals surface area (Å²) in [4.78, 5) is 15.4. The Hall–Kier alpha value is -0.610. The Morgan fingerprint density at radius 3 is 2.79 bits per heavy atom. The van der Waals surface area contributed by atoms with Crippen molar-refractivity contribution in [1.29, 1.82) is 0 Å². The Morgan fingerprint density at radius 2 is 2.21 bits per heavy atom. The van der Waals surface area contributed by atoms with E-state index in [0.717, 1.165) is 32.6 Å². The molecule has 1 heterocycles. The molecule has 14 heavy (non-hydrogen) atoms. The van der Waals surface area contributed by atoms with Crippen molar-refractivity contribution >= 4 is 5.91 Å². The van der Waals surface area contributed by atoms with Crippen molar-refractivity contribution in [2.75, 3.05) is 32.7 Å². The molecule has 2 N–H and O–H groups in total. The van der Waals surface area contributed by atoms with Gasteiger partial charge >= 0.3 is 0 Å². The van der Waals surface area contributed by atoms with E-state index in [1.54, 1.807) is 0 Å². The van der Waals surface area contributed by atoms with Crippen LogP contribution in [0.5, 0.6) is 0 Å². The molecule has 0 radical (unpaired) electrons. The monoisotopic (exact) mass is 199 g/mol. The molecule has 82 valence electrons. The van der Waals surface area contributed by atoms with Crippen molar-refractivity contribution in [1.82, 2.24) is 9.80 Å². The smallest absolute Gasteiger partial charge is 0.231 e. The van der Waals surface area contributed by atoms with Gasteiger partial charge in [-0.3, -0.25) is 9.69 Å². The van der Waals surface area contributed by atoms with Crippen LogP contribution in [-0.2, 0) is 4.79 Å². The highest BCUT2D eigenvalue weighted by molar-refractivity contribution is 5.75. The third-order valence-electron chi connectivity index (χ3n) is 2.87. The summed E-state index contributed by atoms with van der Waals surface area (Å²) in [5, 5.41) is 0. The zero-order valence-electron chi connectivity index (χ0n) is 9.20. The molecule has 1 rings (SSSR count). The van der Waals surface area contributed by atoms with E-state index in [0.29, 0.717) is 12.6 Å². The average molecular weight is 199 g/mol. The predicted octanol–water partition coefficient (Wildman–Crippen LogP) is -0.112. The Morgan fingerprint density at radius 1 is 1.50 bits per heavy atom. The molecule has 1 aliphatic heterocycles. The van der Waals surface area contributed by atoms with Gasteiger partial charge in [0.25, 0.3) is 0 Å². The number of carbonyl (C=O) groups excluding carboxylic acids is 1. The minimum absolute atomic E-state index is 0.221. The van der Waals surface area contributed by atoms with Crippen LogP contribution in [0.1, 0.15) is 20.3 Å². The molecule has 4 heteroatoms. The molecule has 0 bridgehead atoms. The van der Waals surface area contributed by atoms with E-state index in [-0.39, 0.29) is 5.91 Å². The summed E-state index contributed by atoms with van der Waals surface area (Å²) in [5.41, 5.74) is 5.21. The summed E-state index contributed by atoms with van der Waals surface area (Å²) in [7, 11) is 0. The Labute approximate surface area is 86.0 Å². The third kappa shape index (κ3) is 3.27. The average Bonchev–Trinajstić information content (AvgIpc) is 2.28. The van der Waals surface area contributed by atoms with Crippen LogP contribution in [0.3, 0.4) is 0 Å². The van der Waals surface area contributed by atoms with E-state index in [4.69, 9.17) is 5.73 Å². The fourth-order valence-electron chi connectivity index (χ4n) is 2.02. The van der Waals surface area contributed by atoms with Crippen LogP contribution < -0.4 is 5.73 Å². The highest BCUT2D eigenvalue weighted by Crippen LogP contribution is 2.08. The number of nitrogens with two attached hydrogens (primary N) is 1. The van der Waals surface area contributed by atoms with Crippen LogP contribution in [0, 0.1) is 0 Å². The number of likely N-dealkylation sites (N-methyl/N-ethyl adjacent to an activating group) is 1. The first-order valence-electron chi connectivity index (χ1n) is 5.38. The lowest BCUT2D eigenvalue weighted by Crippen LogP contribution is -2.43. The maximum Gasteiger partial charge on any atom is 0.231 e. The molecule has 1 saturated heterocycles. The van der Waals surface area contributed by atoms with Crippen molar-refractivity contribution in [2.45, 2.75) is 26.3 Å². The molecule has 0 aromatic carbocycles. The van der Waals surface area contributed by atoms with Gasteiger partial charge in [-0.05, 0) is 26.4 Å². The SMILES string of the molecule is CCN1CCCN(CC(N)=O)C(C)C1. The van der Waals surface area contributed by atoms with Crippen molar-refractivity contribution < 1.29 is 4.79 Å². The Kier molecular flexibility index (Phi) is 4.35. The zero-order valence-corrected chi connectivity index (χ0v) is 9.20. The number of carbonyl (C=O) groups is 1. The standard InChI is InChI=1S/C10H21N3O/c1-3-12-5-4-6-13(8-10(11)14)9(2)7-12/h9H,3-8H2,1-2H3,(H2,11,14). The van der Waals surface area contributed by atoms with Gasteiger partial charge in [-0.15, -0.1) is 0 Å². The fraction of sp³-hybridized carbons (Fsp3) is 0.900. The minimum Gasteiger partial charge on any atom is -0.369 e. The Balaban J connectivity index is 2.48. The topological polar surface area (TPSA) is 49.6 Å². The summed E-state index contributed by atoms with van der Waals surface area (Å²) in [6.07, 6.45) is 1.13. The van der Waals surface area contributed by atoms with Crippen molar-refractivity contribution in [2.24, 2.45) is 5.73 Å². The predicted molar refractivity (Wildman–Crippen MR) is 57.0 cm³/mol. The third-order valence-corrected chi connectivity index (χ3v) is 2.87. The van der Waals surface area contributed by atoms with Gasteiger partial charge in [-0.1, -0.05) is 6.92 Å². The van der Waals surface area contributed by atoms with Gasteiger partial charge in [0.2, 0.25) is 5.91 Å². The first kappa shape index (κ1) is 11.5. The maximum absolute atomic E-state index is 10.8. The first-order valence-corrected chi connectivity index (χ1v) is 5.38. The lowest BCUT2D eigenvalue weighted by atomic mass is 10.2. The highest BCUT2D eigenvalue weighted by atomic mass is 16.1. The van der Waals surface area contributed by atoms with Gasteiger partial charge in [0.05, 0.1) is 6.54 Å². The van der Waals surface area contributed by atoms with Gasteiger partial charge in [-0.2, -0.15) is 0 Å². The number of amides is 1. The normalized spacial score (nSPS) is 26.0. The summed E-state index contributed by atoms with van der Waals surface area (Å²) >= 11 is 0.